The summed E-state index contributed by atoms with van der Waals surface area (Å²) in [6.45, 7) is 0.653. The van der Waals surface area contributed by atoms with E-state index in [1.807, 2.05) is 0 Å². The summed E-state index contributed by atoms with van der Waals surface area (Å²) < 4.78 is 5.74. The van der Waals surface area contributed by atoms with Gasteiger partial charge in [-0.2, -0.15) is 0 Å². The van der Waals surface area contributed by atoms with Gasteiger partial charge in [-0.05, 0) is 37.5 Å². The third kappa shape index (κ3) is 1.56. The molecule has 0 aromatic heterocycles. The first-order chi connectivity index (χ1) is 7.72. The molecule has 16 heavy (non-hydrogen) atoms. The Morgan fingerprint density at radius 1 is 1.31 bits per heavy atom. The Balaban J connectivity index is 1.79. The average Bonchev–Trinajstić information content (AvgIpc) is 2.93. The molecule has 1 saturated heterocycles. The van der Waals surface area contributed by atoms with E-state index in [4.69, 9.17) is 4.74 Å². The zero-order chi connectivity index (χ0) is 11.2. The molecule has 1 aliphatic heterocycles. The van der Waals surface area contributed by atoms with Crippen molar-refractivity contribution in [2.24, 2.45) is 17.3 Å². The third-order valence-electron chi connectivity index (χ3n) is 4.74. The maximum atomic E-state index is 11.7. The van der Waals surface area contributed by atoms with Gasteiger partial charge in [0, 0.05) is 6.61 Å². The van der Waals surface area contributed by atoms with E-state index in [2.05, 4.69) is 0 Å². The number of carboxylic acid groups (broad SMARTS) is 1. The maximum Gasteiger partial charge on any atom is 0.312 e. The molecular formula is C13H20O3. The Morgan fingerprint density at radius 2 is 2.06 bits per heavy atom. The summed E-state index contributed by atoms with van der Waals surface area (Å²) in [4.78, 5) is 11.7. The normalized spacial score (nSPS) is 39.6. The number of aliphatic carboxylic acids is 1. The lowest BCUT2D eigenvalue weighted by Gasteiger charge is -2.36. The molecule has 0 aromatic carbocycles. The van der Waals surface area contributed by atoms with Crippen molar-refractivity contribution < 1.29 is 14.6 Å². The van der Waals surface area contributed by atoms with E-state index in [0.29, 0.717) is 18.4 Å². The molecule has 3 nitrogen and oxygen atoms in total. The Kier molecular flexibility index (Phi) is 2.46. The summed E-state index contributed by atoms with van der Waals surface area (Å²) in [6.07, 6.45) is 7.71. The second-order valence-corrected chi connectivity index (χ2v) is 5.84. The molecule has 2 aliphatic carbocycles. The van der Waals surface area contributed by atoms with Gasteiger partial charge in [-0.15, -0.1) is 0 Å². The Bertz CT molecular complexity index is 294. The molecule has 2 atom stereocenters. The minimum absolute atomic E-state index is 0.0191. The molecule has 2 saturated carbocycles. The van der Waals surface area contributed by atoms with Crippen LogP contribution in [0.15, 0.2) is 0 Å². The van der Waals surface area contributed by atoms with E-state index in [-0.39, 0.29) is 6.10 Å². The zero-order valence-electron chi connectivity index (χ0n) is 9.65. The van der Waals surface area contributed by atoms with Gasteiger partial charge in [-0.1, -0.05) is 19.3 Å². The van der Waals surface area contributed by atoms with Crippen LogP contribution in [0.2, 0.25) is 0 Å². The van der Waals surface area contributed by atoms with E-state index in [1.165, 1.54) is 32.1 Å². The van der Waals surface area contributed by atoms with Crippen LogP contribution in [0.3, 0.4) is 0 Å². The lowest BCUT2D eigenvalue weighted by molar-refractivity contribution is -0.155. The van der Waals surface area contributed by atoms with Crippen LogP contribution < -0.4 is 0 Å². The van der Waals surface area contributed by atoms with Crippen molar-refractivity contribution >= 4 is 5.97 Å². The number of ether oxygens (including phenoxy) is 1. The summed E-state index contributed by atoms with van der Waals surface area (Å²) >= 11 is 0. The molecule has 0 spiro atoms. The van der Waals surface area contributed by atoms with Gasteiger partial charge in [0.1, 0.15) is 0 Å². The molecule has 3 fully saturated rings. The first-order valence-corrected chi connectivity index (χ1v) is 6.57. The highest BCUT2D eigenvalue weighted by molar-refractivity contribution is 5.76. The first-order valence-electron chi connectivity index (χ1n) is 6.57. The van der Waals surface area contributed by atoms with Crippen molar-refractivity contribution in [2.75, 3.05) is 6.61 Å². The number of rotatable bonds is 4. The quantitative estimate of drug-likeness (QED) is 0.797. The number of hydrogen-bond donors (Lipinski definition) is 1. The number of carbonyl (C=O) groups is 1. The second-order valence-electron chi connectivity index (χ2n) is 5.84. The monoisotopic (exact) mass is 224 g/mol. The fraction of sp³-hybridized carbons (Fsp3) is 0.923. The standard InChI is InChI=1S/C13H20O3/c14-12(15)13(8-9-2-1-3-9)6-7-16-11(13)10-4-5-10/h9-11H,1-8H2,(H,14,15). The second kappa shape index (κ2) is 3.73. The molecule has 0 bridgehead atoms. The summed E-state index contributed by atoms with van der Waals surface area (Å²) in [5, 5.41) is 9.60. The van der Waals surface area contributed by atoms with Gasteiger partial charge in [0.2, 0.25) is 0 Å². The molecule has 0 radical (unpaired) electrons. The predicted molar refractivity (Wildman–Crippen MR) is 59.1 cm³/mol. The molecule has 90 valence electrons. The zero-order valence-corrected chi connectivity index (χ0v) is 9.65. The molecule has 0 aromatic rings. The van der Waals surface area contributed by atoms with Crippen LogP contribution >= 0.6 is 0 Å². The van der Waals surface area contributed by atoms with Crippen molar-refractivity contribution in [2.45, 2.75) is 51.0 Å². The summed E-state index contributed by atoms with van der Waals surface area (Å²) in [5.41, 5.74) is -0.535. The predicted octanol–water partition coefficient (Wildman–Crippen LogP) is 2.45. The Labute approximate surface area is 96.2 Å². The van der Waals surface area contributed by atoms with Gasteiger partial charge in [0.15, 0.2) is 0 Å². The highest BCUT2D eigenvalue weighted by atomic mass is 16.5. The molecule has 3 aliphatic rings. The smallest absolute Gasteiger partial charge is 0.312 e. The summed E-state index contributed by atoms with van der Waals surface area (Å²) in [5.74, 6) is 0.589. The Morgan fingerprint density at radius 3 is 2.56 bits per heavy atom. The fourth-order valence-electron chi connectivity index (χ4n) is 3.40. The topological polar surface area (TPSA) is 46.5 Å². The van der Waals surface area contributed by atoms with Gasteiger partial charge < -0.3 is 9.84 Å². The van der Waals surface area contributed by atoms with E-state index < -0.39 is 11.4 Å². The molecule has 0 amide bonds. The summed E-state index contributed by atoms with van der Waals surface area (Å²) in [6, 6.07) is 0. The fourth-order valence-corrected chi connectivity index (χ4v) is 3.40. The van der Waals surface area contributed by atoms with Crippen molar-refractivity contribution in [3.63, 3.8) is 0 Å². The third-order valence-corrected chi connectivity index (χ3v) is 4.74. The van der Waals surface area contributed by atoms with Crippen molar-refractivity contribution in [3.8, 4) is 0 Å². The molecule has 3 heteroatoms. The van der Waals surface area contributed by atoms with Crippen LogP contribution in [0.5, 0.6) is 0 Å². The lowest BCUT2D eigenvalue weighted by atomic mass is 9.67. The van der Waals surface area contributed by atoms with Gasteiger partial charge >= 0.3 is 5.97 Å². The maximum absolute atomic E-state index is 11.7. The van der Waals surface area contributed by atoms with E-state index in [0.717, 1.165) is 12.8 Å². The molecule has 2 unspecified atom stereocenters. The Hall–Kier alpha value is -0.570. The van der Waals surface area contributed by atoms with Gasteiger partial charge in [0.05, 0.1) is 11.5 Å². The van der Waals surface area contributed by atoms with Crippen molar-refractivity contribution in [3.05, 3.63) is 0 Å². The van der Waals surface area contributed by atoms with Crippen LogP contribution in [0, 0.1) is 17.3 Å². The van der Waals surface area contributed by atoms with Crippen molar-refractivity contribution in [1.82, 2.24) is 0 Å². The minimum Gasteiger partial charge on any atom is -0.481 e. The van der Waals surface area contributed by atoms with Crippen LogP contribution in [0.4, 0.5) is 0 Å². The minimum atomic E-state index is -0.603. The van der Waals surface area contributed by atoms with Crippen LogP contribution in [-0.2, 0) is 9.53 Å². The van der Waals surface area contributed by atoms with E-state index >= 15 is 0 Å². The van der Waals surface area contributed by atoms with Crippen LogP contribution in [-0.4, -0.2) is 23.8 Å². The van der Waals surface area contributed by atoms with Crippen LogP contribution in [0.25, 0.3) is 0 Å². The number of hydrogen-bond acceptors (Lipinski definition) is 2. The van der Waals surface area contributed by atoms with Crippen molar-refractivity contribution in [1.29, 1.82) is 0 Å². The lowest BCUT2D eigenvalue weighted by Crippen LogP contribution is -2.42. The van der Waals surface area contributed by atoms with Gasteiger partial charge in [-0.3, -0.25) is 4.79 Å². The van der Waals surface area contributed by atoms with Gasteiger partial charge in [-0.25, -0.2) is 0 Å². The SMILES string of the molecule is O=C(O)C1(CC2CCC2)CCOC1C1CC1. The highest BCUT2D eigenvalue weighted by Gasteiger charge is 2.56. The number of carboxylic acids is 1. The molecule has 3 rings (SSSR count). The highest BCUT2D eigenvalue weighted by Crippen LogP contribution is 2.52. The molecule has 1 heterocycles. The molecular weight excluding hydrogens is 204 g/mol. The first kappa shape index (κ1) is 10.6. The molecule has 1 N–H and O–H groups in total. The van der Waals surface area contributed by atoms with Gasteiger partial charge in [0.25, 0.3) is 0 Å². The summed E-state index contributed by atoms with van der Waals surface area (Å²) in [7, 11) is 0. The average molecular weight is 224 g/mol. The largest absolute Gasteiger partial charge is 0.481 e. The van der Waals surface area contributed by atoms with E-state index in [1.54, 1.807) is 0 Å². The van der Waals surface area contributed by atoms with E-state index in [9.17, 15) is 9.90 Å². The van der Waals surface area contributed by atoms with Crippen LogP contribution in [0.1, 0.15) is 44.9 Å².